The lowest BCUT2D eigenvalue weighted by molar-refractivity contribution is 0.0745. The Bertz CT molecular complexity index is 891. The number of benzene rings is 1. The highest BCUT2D eigenvalue weighted by Gasteiger charge is 2.25. The van der Waals surface area contributed by atoms with E-state index in [9.17, 15) is 4.79 Å². The molecule has 1 amide bonds. The minimum Gasteiger partial charge on any atom is -0.408 e. The van der Waals surface area contributed by atoms with E-state index in [0.717, 1.165) is 5.69 Å². The maximum Gasteiger partial charge on any atom is 0.318 e. The Balaban J connectivity index is 1.38. The molecular weight excluding hydrogens is 342 g/mol. The number of amides is 1. The monoisotopic (exact) mass is 365 g/mol. The van der Waals surface area contributed by atoms with Crippen molar-refractivity contribution in [3.63, 3.8) is 0 Å². The maximum absolute atomic E-state index is 12.8. The largest absolute Gasteiger partial charge is 0.408 e. The van der Waals surface area contributed by atoms with Crippen molar-refractivity contribution in [1.29, 1.82) is 0 Å². The molecule has 3 aromatic rings. The molecule has 1 aromatic carbocycles. The summed E-state index contributed by atoms with van der Waals surface area (Å²) in [5.74, 6) is 0.914. The average Bonchev–Trinajstić information content (AvgIpc) is 3.40. The van der Waals surface area contributed by atoms with E-state index in [0.29, 0.717) is 43.6 Å². The summed E-state index contributed by atoms with van der Waals surface area (Å²) < 4.78 is 7.73. The molecule has 4 rings (SSSR count). The summed E-state index contributed by atoms with van der Waals surface area (Å²) in [6.45, 7) is 6.69. The van der Waals surface area contributed by atoms with Gasteiger partial charge >= 0.3 is 6.01 Å². The highest BCUT2D eigenvalue weighted by Crippen LogP contribution is 2.20. The van der Waals surface area contributed by atoms with Gasteiger partial charge in [-0.05, 0) is 36.4 Å². The summed E-state index contributed by atoms with van der Waals surface area (Å²) in [5.41, 5.74) is 1.75. The zero-order valence-electron chi connectivity index (χ0n) is 15.6. The molecule has 1 saturated heterocycles. The van der Waals surface area contributed by atoms with Crippen LogP contribution in [0.2, 0.25) is 0 Å². The molecule has 1 aliphatic heterocycles. The Morgan fingerprint density at radius 2 is 1.67 bits per heavy atom. The van der Waals surface area contributed by atoms with E-state index in [2.05, 4.69) is 10.2 Å². The maximum atomic E-state index is 12.8. The van der Waals surface area contributed by atoms with Crippen LogP contribution < -0.4 is 4.90 Å². The van der Waals surface area contributed by atoms with E-state index in [4.69, 9.17) is 4.42 Å². The zero-order valence-corrected chi connectivity index (χ0v) is 15.6. The number of anilines is 1. The first-order valence-electron chi connectivity index (χ1n) is 9.23. The topological polar surface area (TPSA) is 67.4 Å². The molecule has 2 aromatic heterocycles. The average molecular weight is 365 g/mol. The SMILES string of the molecule is CC(C)c1nnc(N2CCN(C(=O)c3ccc(-n4cccc4)cc3)CC2)o1. The predicted molar refractivity (Wildman–Crippen MR) is 102 cm³/mol. The lowest BCUT2D eigenvalue weighted by Crippen LogP contribution is -2.48. The van der Waals surface area contributed by atoms with Crippen molar-refractivity contribution >= 4 is 11.9 Å². The summed E-state index contributed by atoms with van der Waals surface area (Å²) in [6.07, 6.45) is 3.97. The molecule has 0 aliphatic carbocycles. The van der Waals surface area contributed by atoms with Crippen molar-refractivity contribution in [2.75, 3.05) is 31.1 Å². The Morgan fingerprint density at radius 1 is 1.00 bits per heavy atom. The van der Waals surface area contributed by atoms with E-state index in [-0.39, 0.29) is 11.8 Å². The highest BCUT2D eigenvalue weighted by molar-refractivity contribution is 5.94. The summed E-state index contributed by atoms with van der Waals surface area (Å²) in [5, 5.41) is 8.21. The highest BCUT2D eigenvalue weighted by atomic mass is 16.4. The molecule has 1 aliphatic rings. The molecule has 7 heteroatoms. The first kappa shape index (κ1) is 17.3. The summed E-state index contributed by atoms with van der Waals surface area (Å²) in [6, 6.07) is 12.2. The van der Waals surface area contributed by atoms with Crippen LogP contribution in [0.4, 0.5) is 6.01 Å². The second kappa shape index (κ2) is 7.26. The fraction of sp³-hybridized carbons (Fsp3) is 0.350. The van der Waals surface area contributed by atoms with Crippen molar-refractivity contribution in [1.82, 2.24) is 19.7 Å². The number of hydrogen-bond acceptors (Lipinski definition) is 5. The summed E-state index contributed by atoms with van der Waals surface area (Å²) in [4.78, 5) is 16.7. The lowest BCUT2D eigenvalue weighted by atomic mass is 10.1. The van der Waals surface area contributed by atoms with Crippen LogP contribution in [0.15, 0.2) is 53.2 Å². The van der Waals surface area contributed by atoms with Crippen molar-refractivity contribution < 1.29 is 9.21 Å². The number of piperazine rings is 1. The van der Waals surface area contributed by atoms with Crippen LogP contribution in [0.3, 0.4) is 0 Å². The second-order valence-corrected chi connectivity index (χ2v) is 6.99. The Labute approximate surface area is 158 Å². The number of aromatic nitrogens is 3. The molecule has 140 valence electrons. The van der Waals surface area contributed by atoms with E-state index in [1.807, 2.05) is 77.0 Å². The van der Waals surface area contributed by atoms with Crippen LogP contribution >= 0.6 is 0 Å². The van der Waals surface area contributed by atoms with Gasteiger partial charge in [0.1, 0.15) is 0 Å². The van der Waals surface area contributed by atoms with Crippen molar-refractivity contribution in [3.05, 3.63) is 60.2 Å². The molecule has 7 nitrogen and oxygen atoms in total. The van der Waals surface area contributed by atoms with Gasteiger partial charge in [0.05, 0.1) is 0 Å². The van der Waals surface area contributed by atoms with Gasteiger partial charge in [-0.15, -0.1) is 5.10 Å². The van der Waals surface area contributed by atoms with Gasteiger partial charge < -0.3 is 18.8 Å². The zero-order chi connectivity index (χ0) is 18.8. The third kappa shape index (κ3) is 3.58. The summed E-state index contributed by atoms with van der Waals surface area (Å²) >= 11 is 0. The molecule has 0 radical (unpaired) electrons. The quantitative estimate of drug-likeness (QED) is 0.711. The molecule has 0 unspecified atom stereocenters. The minimum absolute atomic E-state index is 0.0575. The van der Waals surface area contributed by atoms with Gasteiger partial charge in [-0.1, -0.05) is 18.9 Å². The third-order valence-electron chi connectivity index (χ3n) is 4.78. The fourth-order valence-corrected chi connectivity index (χ4v) is 3.15. The minimum atomic E-state index is 0.0575. The molecule has 27 heavy (non-hydrogen) atoms. The Hall–Kier alpha value is -3.09. The first-order valence-corrected chi connectivity index (χ1v) is 9.23. The predicted octanol–water partition coefficient (Wildman–Crippen LogP) is 2.95. The van der Waals surface area contributed by atoms with Gasteiger partial charge in [-0.3, -0.25) is 4.79 Å². The van der Waals surface area contributed by atoms with Crippen molar-refractivity contribution in [3.8, 4) is 5.69 Å². The van der Waals surface area contributed by atoms with Gasteiger partial charge in [0.2, 0.25) is 5.89 Å². The molecule has 0 saturated carbocycles. The number of rotatable bonds is 4. The standard InChI is InChI=1S/C20H23N5O2/c1-15(2)18-21-22-20(27-18)25-13-11-24(12-14-25)19(26)16-5-7-17(8-6-16)23-9-3-4-10-23/h3-10,15H,11-14H2,1-2H3. The molecule has 0 atom stereocenters. The van der Waals surface area contributed by atoms with E-state index < -0.39 is 0 Å². The molecule has 1 fully saturated rings. The number of hydrogen-bond donors (Lipinski definition) is 0. The van der Waals surface area contributed by atoms with Gasteiger partial charge in [0.25, 0.3) is 5.91 Å². The third-order valence-corrected chi connectivity index (χ3v) is 4.78. The van der Waals surface area contributed by atoms with Crippen LogP contribution in [-0.2, 0) is 0 Å². The molecule has 0 bridgehead atoms. The van der Waals surface area contributed by atoms with Crippen LogP contribution in [-0.4, -0.2) is 51.8 Å². The van der Waals surface area contributed by atoms with Crippen LogP contribution in [0, 0.1) is 0 Å². The van der Waals surface area contributed by atoms with Crippen LogP contribution in [0.25, 0.3) is 5.69 Å². The number of nitrogens with zero attached hydrogens (tertiary/aromatic N) is 5. The lowest BCUT2D eigenvalue weighted by Gasteiger charge is -2.33. The first-order chi connectivity index (χ1) is 13.1. The smallest absolute Gasteiger partial charge is 0.318 e. The van der Waals surface area contributed by atoms with Crippen molar-refractivity contribution in [2.45, 2.75) is 19.8 Å². The molecular formula is C20H23N5O2. The van der Waals surface area contributed by atoms with E-state index in [1.54, 1.807) is 0 Å². The van der Waals surface area contributed by atoms with Crippen LogP contribution in [0.1, 0.15) is 36.0 Å². The molecule has 0 N–H and O–H groups in total. The number of carbonyl (C=O) groups excluding carboxylic acids is 1. The fourth-order valence-electron chi connectivity index (χ4n) is 3.15. The molecule has 3 heterocycles. The summed E-state index contributed by atoms with van der Waals surface area (Å²) in [7, 11) is 0. The van der Waals surface area contributed by atoms with Gasteiger partial charge in [-0.2, -0.15) is 0 Å². The van der Waals surface area contributed by atoms with Gasteiger partial charge in [0, 0.05) is 55.7 Å². The number of carbonyl (C=O) groups is 1. The van der Waals surface area contributed by atoms with Gasteiger partial charge in [0.15, 0.2) is 0 Å². The Morgan fingerprint density at radius 3 is 2.26 bits per heavy atom. The van der Waals surface area contributed by atoms with E-state index in [1.165, 1.54) is 0 Å². The second-order valence-electron chi connectivity index (χ2n) is 6.99. The van der Waals surface area contributed by atoms with E-state index >= 15 is 0 Å². The van der Waals surface area contributed by atoms with Crippen LogP contribution in [0.5, 0.6) is 0 Å². The Kier molecular flexibility index (Phi) is 4.66. The normalized spacial score (nSPS) is 14.8. The van der Waals surface area contributed by atoms with Gasteiger partial charge in [-0.25, -0.2) is 0 Å². The van der Waals surface area contributed by atoms with Crippen molar-refractivity contribution in [2.24, 2.45) is 0 Å². The molecule has 0 spiro atoms.